The number of carbonyl (C=O) groups is 1. The number of amides is 1. The van der Waals surface area contributed by atoms with Crippen LogP contribution in [0, 0.1) is 5.92 Å². The van der Waals surface area contributed by atoms with Crippen LogP contribution >= 0.6 is 11.6 Å². The van der Waals surface area contributed by atoms with Crippen LogP contribution in [-0.4, -0.2) is 50.9 Å². The van der Waals surface area contributed by atoms with Gasteiger partial charge in [-0.15, -0.1) is 0 Å². The third-order valence-electron chi connectivity index (χ3n) is 5.32. The highest BCUT2D eigenvalue weighted by Crippen LogP contribution is 2.28. The summed E-state index contributed by atoms with van der Waals surface area (Å²) >= 11 is 6.08. The van der Waals surface area contributed by atoms with Gasteiger partial charge < -0.3 is 15.5 Å². The fourth-order valence-electron chi connectivity index (χ4n) is 3.75. The van der Waals surface area contributed by atoms with Crippen LogP contribution in [0.25, 0.3) is 11.0 Å². The number of halogens is 1. The van der Waals surface area contributed by atoms with Crippen LogP contribution in [0.2, 0.25) is 5.02 Å². The van der Waals surface area contributed by atoms with Gasteiger partial charge >= 0.3 is 0 Å². The Kier molecular flexibility index (Phi) is 5.94. The lowest BCUT2D eigenvalue weighted by molar-refractivity contribution is -0.133. The van der Waals surface area contributed by atoms with E-state index in [4.69, 9.17) is 11.6 Å². The maximum absolute atomic E-state index is 12.2. The van der Waals surface area contributed by atoms with Crippen molar-refractivity contribution in [3.63, 3.8) is 0 Å². The van der Waals surface area contributed by atoms with E-state index in [0.29, 0.717) is 27.8 Å². The molecule has 30 heavy (non-hydrogen) atoms. The summed E-state index contributed by atoms with van der Waals surface area (Å²) in [6, 6.07) is 7.66. The van der Waals surface area contributed by atoms with Crippen molar-refractivity contribution in [3.8, 4) is 0 Å². The molecule has 1 aliphatic rings. The summed E-state index contributed by atoms with van der Waals surface area (Å²) in [7, 11) is 3.62. The number of fused-ring (bicyclic) bond motifs is 1. The summed E-state index contributed by atoms with van der Waals surface area (Å²) in [6.07, 6.45) is 6.72. The van der Waals surface area contributed by atoms with Gasteiger partial charge in [-0.3, -0.25) is 4.79 Å². The Hall–Kier alpha value is -3.00. The Morgan fingerprint density at radius 1 is 1.13 bits per heavy atom. The summed E-state index contributed by atoms with van der Waals surface area (Å²) in [5, 5.41) is 7.30. The molecule has 1 amide bonds. The second-order valence-electron chi connectivity index (χ2n) is 7.71. The van der Waals surface area contributed by atoms with Gasteiger partial charge in [0, 0.05) is 36.8 Å². The van der Waals surface area contributed by atoms with Crippen molar-refractivity contribution >= 4 is 46.0 Å². The monoisotopic (exact) mass is 425 g/mol. The van der Waals surface area contributed by atoms with Gasteiger partial charge in [0.15, 0.2) is 5.82 Å². The Bertz CT molecular complexity index is 1050. The molecule has 1 saturated carbocycles. The maximum atomic E-state index is 12.2. The highest BCUT2D eigenvalue weighted by Gasteiger charge is 2.27. The van der Waals surface area contributed by atoms with Crippen molar-refractivity contribution in [1.29, 1.82) is 0 Å². The molecule has 3 aromatic rings. The average Bonchev–Trinajstić information content (AvgIpc) is 2.74. The predicted molar refractivity (Wildman–Crippen MR) is 118 cm³/mol. The lowest BCUT2D eigenvalue weighted by atomic mass is 9.85. The zero-order valence-electron chi connectivity index (χ0n) is 17.0. The molecule has 0 unspecified atom stereocenters. The topological polar surface area (TPSA) is 95.9 Å². The predicted octanol–water partition coefficient (Wildman–Crippen LogP) is 3.88. The maximum Gasteiger partial charge on any atom is 0.225 e. The van der Waals surface area contributed by atoms with Crippen LogP contribution in [0.4, 0.5) is 17.5 Å². The number of rotatable bonds is 5. The van der Waals surface area contributed by atoms with E-state index in [-0.39, 0.29) is 17.9 Å². The second kappa shape index (κ2) is 8.79. The van der Waals surface area contributed by atoms with Crippen LogP contribution in [0.3, 0.4) is 0 Å². The highest BCUT2D eigenvalue weighted by molar-refractivity contribution is 6.30. The van der Waals surface area contributed by atoms with E-state index < -0.39 is 0 Å². The van der Waals surface area contributed by atoms with Crippen molar-refractivity contribution in [1.82, 2.24) is 24.8 Å². The van der Waals surface area contributed by atoms with Gasteiger partial charge in [-0.1, -0.05) is 17.7 Å². The minimum Gasteiger partial charge on any atom is -0.351 e. The summed E-state index contributed by atoms with van der Waals surface area (Å²) in [5.74, 6) is 1.45. The van der Waals surface area contributed by atoms with Gasteiger partial charge in [0.05, 0.1) is 6.20 Å². The molecule has 0 aliphatic heterocycles. The van der Waals surface area contributed by atoms with E-state index in [2.05, 4.69) is 30.6 Å². The minimum absolute atomic E-state index is 0.109. The highest BCUT2D eigenvalue weighted by atomic mass is 35.5. The number of carbonyl (C=O) groups excluding carboxylic acids is 1. The summed E-state index contributed by atoms with van der Waals surface area (Å²) in [6.45, 7) is 0. The third kappa shape index (κ3) is 4.59. The van der Waals surface area contributed by atoms with Crippen molar-refractivity contribution in [2.24, 2.45) is 5.92 Å². The SMILES string of the molecule is CN(C)C(=O)[C@H]1CC[C@H](Nc2ncc3ncnc(Nc4cccc(Cl)c4)c3n2)CC1. The molecule has 1 fully saturated rings. The molecule has 1 aromatic carbocycles. The zero-order valence-corrected chi connectivity index (χ0v) is 17.7. The molecular weight excluding hydrogens is 402 g/mol. The fraction of sp³-hybridized carbons (Fsp3) is 0.381. The first-order chi connectivity index (χ1) is 14.5. The van der Waals surface area contributed by atoms with E-state index in [9.17, 15) is 4.79 Å². The average molecular weight is 426 g/mol. The van der Waals surface area contributed by atoms with Crippen molar-refractivity contribution in [2.45, 2.75) is 31.7 Å². The number of hydrogen-bond acceptors (Lipinski definition) is 7. The molecule has 0 radical (unpaired) electrons. The number of nitrogens with one attached hydrogen (secondary N) is 2. The first kappa shape index (κ1) is 20.3. The quantitative estimate of drug-likeness (QED) is 0.640. The molecule has 8 nitrogen and oxygen atoms in total. The van der Waals surface area contributed by atoms with Gasteiger partial charge in [0.25, 0.3) is 0 Å². The second-order valence-corrected chi connectivity index (χ2v) is 8.15. The van der Waals surface area contributed by atoms with Gasteiger partial charge in [0.2, 0.25) is 11.9 Å². The number of anilines is 3. The molecule has 2 aromatic heterocycles. The largest absolute Gasteiger partial charge is 0.351 e. The molecular formula is C21H24ClN7O. The van der Waals surface area contributed by atoms with Crippen molar-refractivity contribution < 1.29 is 4.79 Å². The molecule has 0 bridgehead atoms. The molecule has 4 rings (SSSR count). The smallest absolute Gasteiger partial charge is 0.225 e. The van der Waals surface area contributed by atoms with Gasteiger partial charge in [-0.2, -0.15) is 0 Å². The Morgan fingerprint density at radius 2 is 1.93 bits per heavy atom. The number of benzene rings is 1. The van der Waals surface area contributed by atoms with Crippen LogP contribution in [-0.2, 0) is 4.79 Å². The van der Waals surface area contributed by atoms with Gasteiger partial charge in [-0.05, 0) is 43.9 Å². The summed E-state index contributed by atoms with van der Waals surface area (Å²) in [5.41, 5.74) is 2.10. The van der Waals surface area contributed by atoms with Crippen LogP contribution in [0.1, 0.15) is 25.7 Å². The molecule has 9 heteroatoms. The molecule has 0 spiro atoms. The first-order valence-corrected chi connectivity index (χ1v) is 10.4. The molecule has 1 aliphatic carbocycles. The van der Waals surface area contributed by atoms with Crippen LogP contribution in [0.15, 0.2) is 36.8 Å². The zero-order chi connectivity index (χ0) is 21.1. The van der Waals surface area contributed by atoms with E-state index >= 15 is 0 Å². The first-order valence-electron chi connectivity index (χ1n) is 9.97. The molecule has 0 saturated heterocycles. The Balaban J connectivity index is 1.49. The summed E-state index contributed by atoms with van der Waals surface area (Å²) < 4.78 is 0. The molecule has 156 valence electrons. The van der Waals surface area contributed by atoms with Gasteiger partial charge in [0.1, 0.15) is 17.4 Å². The van der Waals surface area contributed by atoms with E-state index in [1.807, 2.05) is 38.4 Å². The number of hydrogen-bond donors (Lipinski definition) is 2. The van der Waals surface area contributed by atoms with Crippen LogP contribution in [0.5, 0.6) is 0 Å². The molecule has 2 N–H and O–H groups in total. The Labute approximate surface area is 180 Å². The molecule has 2 heterocycles. The normalized spacial score (nSPS) is 18.8. The fourth-order valence-corrected chi connectivity index (χ4v) is 3.94. The third-order valence-corrected chi connectivity index (χ3v) is 5.55. The lowest BCUT2D eigenvalue weighted by Crippen LogP contribution is -2.35. The standard InChI is InChI=1S/C21H24ClN7O/c1-29(2)20(30)13-6-8-15(9-7-13)27-21-23-11-17-18(28-21)19(25-12-24-17)26-16-5-3-4-14(22)10-16/h3-5,10-13,15H,6-9H2,1-2H3,(H,23,27,28)(H,24,25,26)/t13-,15-. The lowest BCUT2D eigenvalue weighted by Gasteiger charge is -2.29. The summed E-state index contributed by atoms with van der Waals surface area (Å²) in [4.78, 5) is 31.5. The number of nitrogens with zero attached hydrogens (tertiary/aromatic N) is 5. The van der Waals surface area contributed by atoms with E-state index in [1.165, 1.54) is 6.33 Å². The van der Waals surface area contributed by atoms with Gasteiger partial charge in [-0.25, -0.2) is 19.9 Å². The van der Waals surface area contributed by atoms with E-state index in [1.54, 1.807) is 11.1 Å². The van der Waals surface area contributed by atoms with Crippen LogP contribution < -0.4 is 10.6 Å². The number of aromatic nitrogens is 4. The van der Waals surface area contributed by atoms with Crippen molar-refractivity contribution in [2.75, 3.05) is 24.7 Å². The molecule has 0 atom stereocenters. The van der Waals surface area contributed by atoms with Crippen molar-refractivity contribution in [3.05, 3.63) is 41.8 Å². The minimum atomic E-state index is 0.109. The van der Waals surface area contributed by atoms with E-state index in [0.717, 1.165) is 31.4 Å². The Morgan fingerprint density at radius 3 is 2.67 bits per heavy atom.